The molecular formula is C13H27N3O2S. The molecule has 0 aromatic heterocycles. The first-order valence-electron chi connectivity index (χ1n) is 7.56. The smallest absolute Gasteiger partial charge is 0.279 e. The fourth-order valence-electron chi connectivity index (χ4n) is 2.85. The molecule has 6 heteroatoms. The van der Waals surface area contributed by atoms with Crippen LogP contribution in [0.1, 0.15) is 45.4 Å². The molecule has 0 aromatic carbocycles. The van der Waals surface area contributed by atoms with Gasteiger partial charge in [0.05, 0.1) is 0 Å². The van der Waals surface area contributed by atoms with Gasteiger partial charge in [0.1, 0.15) is 0 Å². The minimum atomic E-state index is -3.25. The molecule has 2 saturated heterocycles. The molecule has 2 N–H and O–H groups in total. The molecule has 0 aromatic rings. The third-order valence-electron chi connectivity index (χ3n) is 4.27. The Morgan fingerprint density at radius 2 is 1.95 bits per heavy atom. The van der Waals surface area contributed by atoms with E-state index in [0.717, 1.165) is 25.8 Å². The predicted molar refractivity (Wildman–Crippen MR) is 77.2 cm³/mol. The second-order valence-corrected chi connectivity index (χ2v) is 7.67. The van der Waals surface area contributed by atoms with E-state index < -0.39 is 10.2 Å². The van der Waals surface area contributed by atoms with Gasteiger partial charge in [-0.15, -0.1) is 0 Å². The zero-order valence-corrected chi connectivity index (χ0v) is 12.7. The molecule has 2 aliphatic rings. The highest BCUT2D eigenvalue weighted by molar-refractivity contribution is 7.87. The largest absolute Gasteiger partial charge is 0.314 e. The number of hydrogen-bond acceptors (Lipinski definition) is 3. The van der Waals surface area contributed by atoms with Crippen LogP contribution in [0.5, 0.6) is 0 Å². The van der Waals surface area contributed by atoms with Crippen molar-refractivity contribution in [3.8, 4) is 0 Å². The monoisotopic (exact) mass is 289 g/mol. The summed E-state index contributed by atoms with van der Waals surface area (Å²) >= 11 is 0. The molecular weight excluding hydrogens is 262 g/mol. The van der Waals surface area contributed by atoms with Crippen LogP contribution in [-0.2, 0) is 10.2 Å². The van der Waals surface area contributed by atoms with Crippen molar-refractivity contribution < 1.29 is 8.42 Å². The second kappa shape index (κ2) is 7.02. The highest BCUT2D eigenvalue weighted by atomic mass is 32.2. The van der Waals surface area contributed by atoms with E-state index in [9.17, 15) is 8.42 Å². The summed E-state index contributed by atoms with van der Waals surface area (Å²) in [5.74, 6) is 0.651. The summed E-state index contributed by atoms with van der Waals surface area (Å²) in [5.41, 5.74) is 0. The Hall–Kier alpha value is -0.170. The molecule has 2 rings (SSSR count). The Morgan fingerprint density at radius 3 is 2.58 bits per heavy atom. The number of nitrogens with zero attached hydrogens (tertiary/aromatic N) is 1. The van der Waals surface area contributed by atoms with Crippen LogP contribution in [0.3, 0.4) is 0 Å². The van der Waals surface area contributed by atoms with E-state index in [0.29, 0.717) is 31.6 Å². The van der Waals surface area contributed by atoms with Crippen molar-refractivity contribution in [3.05, 3.63) is 0 Å². The van der Waals surface area contributed by atoms with Crippen molar-refractivity contribution in [2.75, 3.05) is 26.2 Å². The van der Waals surface area contributed by atoms with Gasteiger partial charge in [-0.05, 0) is 44.6 Å². The van der Waals surface area contributed by atoms with Gasteiger partial charge >= 0.3 is 0 Å². The van der Waals surface area contributed by atoms with Crippen molar-refractivity contribution in [3.63, 3.8) is 0 Å². The van der Waals surface area contributed by atoms with Gasteiger partial charge in [-0.25, -0.2) is 4.72 Å². The molecule has 2 aliphatic heterocycles. The van der Waals surface area contributed by atoms with Gasteiger partial charge in [0.25, 0.3) is 10.2 Å². The number of nitrogens with one attached hydrogen (secondary N) is 2. The van der Waals surface area contributed by atoms with Crippen molar-refractivity contribution in [2.45, 2.75) is 51.5 Å². The van der Waals surface area contributed by atoms with Crippen LogP contribution in [0, 0.1) is 5.92 Å². The van der Waals surface area contributed by atoms with Crippen LogP contribution in [0.25, 0.3) is 0 Å². The van der Waals surface area contributed by atoms with Crippen molar-refractivity contribution in [2.24, 2.45) is 5.92 Å². The third kappa shape index (κ3) is 4.70. The van der Waals surface area contributed by atoms with E-state index in [1.807, 2.05) is 0 Å². The summed E-state index contributed by atoms with van der Waals surface area (Å²) in [6, 6.07) is 0.484. The number of piperidine rings is 2. The molecule has 0 bridgehead atoms. The van der Waals surface area contributed by atoms with E-state index >= 15 is 0 Å². The Bertz CT molecular complexity index is 358. The standard InChI is InChI=1S/C13H27N3O2S/c1-12-6-10-16(11-7-12)19(17,18)15-9-5-13-4-2-3-8-14-13/h12-15H,2-11H2,1H3. The Balaban J connectivity index is 1.71. The molecule has 0 amide bonds. The van der Waals surface area contributed by atoms with Crippen LogP contribution in [0.2, 0.25) is 0 Å². The maximum Gasteiger partial charge on any atom is 0.279 e. The first-order valence-corrected chi connectivity index (χ1v) is 9.00. The summed E-state index contributed by atoms with van der Waals surface area (Å²) in [5, 5.41) is 3.44. The van der Waals surface area contributed by atoms with E-state index in [2.05, 4.69) is 17.0 Å². The summed E-state index contributed by atoms with van der Waals surface area (Å²) in [4.78, 5) is 0. The van der Waals surface area contributed by atoms with Gasteiger partial charge in [0, 0.05) is 25.7 Å². The average molecular weight is 289 g/mol. The quantitative estimate of drug-likeness (QED) is 0.796. The molecule has 0 radical (unpaired) electrons. The third-order valence-corrected chi connectivity index (χ3v) is 5.89. The maximum atomic E-state index is 12.1. The minimum absolute atomic E-state index is 0.484. The highest BCUT2D eigenvalue weighted by Gasteiger charge is 2.26. The van der Waals surface area contributed by atoms with Crippen LogP contribution in [-0.4, -0.2) is 44.9 Å². The molecule has 1 unspecified atom stereocenters. The molecule has 0 spiro atoms. The first-order chi connectivity index (χ1) is 9.08. The topological polar surface area (TPSA) is 61.4 Å². The first kappa shape index (κ1) is 15.2. The van der Waals surface area contributed by atoms with E-state index in [-0.39, 0.29) is 0 Å². The average Bonchev–Trinajstić information content (AvgIpc) is 2.40. The molecule has 0 saturated carbocycles. The Morgan fingerprint density at radius 1 is 1.21 bits per heavy atom. The van der Waals surface area contributed by atoms with Gasteiger partial charge in [-0.2, -0.15) is 12.7 Å². The molecule has 0 aliphatic carbocycles. The van der Waals surface area contributed by atoms with Gasteiger partial charge in [0.15, 0.2) is 0 Å². The lowest BCUT2D eigenvalue weighted by Crippen LogP contribution is -2.46. The van der Waals surface area contributed by atoms with Crippen LogP contribution < -0.4 is 10.0 Å². The normalized spacial score (nSPS) is 27.5. The van der Waals surface area contributed by atoms with Gasteiger partial charge in [-0.1, -0.05) is 13.3 Å². The van der Waals surface area contributed by atoms with Crippen molar-refractivity contribution in [1.82, 2.24) is 14.3 Å². The number of rotatable bonds is 5. The maximum absolute atomic E-state index is 12.1. The van der Waals surface area contributed by atoms with Crippen LogP contribution in [0.4, 0.5) is 0 Å². The fourth-order valence-corrected chi connectivity index (χ4v) is 4.10. The molecule has 19 heavy (non-hydrogen) atoms. The van der Waals surface area contributed by atoms with Crippen molar-refractivity contribution >= 4 is 10.2 Å². The van der Waals surface area contributed by atoms with E-state index in [4.69, 9.17) is 0 Å². The summed E-state index contributed by atoms with van der Waals surface area (Å²) in [6.07, 6.45) is 6.52. The summed E-state index contributed by atoms with van der Waals surface area (Å²) < 4.78 is 28.6. The van der Waals surface area contributed by atoms with Gasteiger partial charge in [-0.3, -0.25) is 0 Å². The summed E-state index contributed by atoms with van der Waals surface area (Å²) in [7, 11) is -3.25. The lowest BCUT2D eigenvalue weighted by molar-refractivity contribution is 0.284. The van der Waals surface area contributed by atoms with Gasteiger partial charge < -0.3 is 5.32 Å². The lowest BCUT2D eigenvalue weighted by Gasteiger charge is -2.30. The molecule has 1 atom stereocenters. The number of hydrogen-bond donors (Lipinski definition) is 2. The second-order valence-electron chi connectivity index (χ2n) is 5.92. The Labute approximate surface area is 117 Å². The van der Waals surface area contributed by atoms with Gasteiger partial charge in [0.2, 0.25) is 0 Å². The molecule has 112 valence electrons. The fraction of sp³-hybridized carbons (Fsp3) is 1.00. The van der Waals surface area contributed by atoms with E-state index in [1.165, 1.54) is 19.3 Å². The van der Waals surface area contributed by atoms with Crippen LogP contribution in [0.15, 0.2) is 0 Å². The molecule has 2 fully saturated rings. The summed E-state index contributed by atoms with van der Waals surface area (Å²) in [6.45, 7) is 5.13. The lowest BCUT2D eigenvalue weighted by atomic mass is 10.0. The molecule has 2 heterocycles. The minimum Gasteiger partial charge on any atom is -0.314 e. The van der Waals surface area contributed by atoms with E-state index in [1.54, 1.807) is 4.31 Å². The highest BCUT2D eigenvalue weighted by Crippen LogP contribution is 2.18. The zero-order valence-electron chi connectivity index (χ0n) is 11.9. The Kier molecular flexibility index (Phi) is 5.62. The predicted octanol–water partition coefficient (Wildman–Crippen LogP) is 1.08. The SMILES string of the molecule is CC1CCN(S(=O)(=O)NCCC2CCCCN2)CC1. The molecule has 5 nitrogen and oxygen atoms in total. The zero-order chi connectivity index (χ0) is 13.7. The van der Waals surface area contributed by atoms with Crippen LogP contribution >= 0.6 is 0 Å². The van der Waals surface area contributed by atoms with Crippen molar-refractivity contribution in [1.29, 1.82) is 0 Å².